The molecule has 4 heteroatoms. The lowest BCUT2D eigenvalue weighted by Gasteiger charge is -2.39. The van der Waals surface area contributed by atoms with E-state index >= 15 is 0 Å². The van der Waals surface area contributed by atoms with Crippen molar-refractivity contribution in [3.05, 3.63) is 28.8 Å². The quantitative estimate of drug-likeness (QED) is 0.896. The summed E-state index contributed by atoms with van der Waals surface area (Å²) < 4.78 is 5.64. The number of rotatable bonds is 2. The number of morpholine rings is 1. The van der Waals surface area contributed by atoms with Gasteiger partial charge in [0.25, 0.3) is 0 Å². The number of benzene rings is 1. The Bertz CT molecular complexity index is 422. The van der Waals surface area contributed by atoms with Crippen molar-refractivity contribution in [3.63, 3.8) is 0 Å². The maximum absolute atomic E-state index is 6.38. The topological polar surface area (TPSA) is 38.5 Å². The third-order valence-electron chi connectivity index (χ3n) is 3.41. The molecule has 1 heterocycles. The van der Waals surface area contributed by atoms with E-state index in [1.807, 2.05) is 13.0 Å². The molecule has 0 radical (unpaired) electrons. The Morgan fingerprint density at radius 1 is 1.44 bits per heavy atom. The van der Waals surface area contributed by atoms with Crippen molar-refractivity contribution in [1.29, 1.82) is 0 Å². The molecule has 1 saturated heterocycles. The van der Waals surface area contributed by atoms with Gasteiger partial charge in [0, 0.05) is 18.6 Å². The number of halogens is 1. The first-order valence-corrected chi connectivity index (χ1v) is 6.80. The van der Waals surface area contributed by atoms with Crippen LogP contribution in [0.3, 0.4) is 0 Å². The van der Waals surface area contributed by atoms with Crippen molar-refractivity contribution >= 4 is 17.3 Å². The van der Waals surface area contributed by atoms with Crippen LogP contribution in [0.1, 0.15) is 32.4 Å². The summed E-state index contributed by atoms with van der Waals surface area (Å²) in [5, 5.41) is 0.769. The SMILES string of the molecule is CC1CN(c2ccc([C@@H](C)N)cc2Cl)C(C)CO1. The number of ether oxygens (including phenoxy) is 1. The van der Waals surface area contributed by atoms with Crippen LogP contribution in [0.25, 0.3) is 0 Å². The lowest BCUT2D eigenvalue weighted by atomic mass is 10.1. The van der Waals surface area contributed by atoms with Crippen molar-refractivity contribution in [2.45, 2.75) is 39.0 Å². The molecule has 0 bridgehead atoms. The Labute approximate surface area is 114 Å². The molecule has 0 spiro atoms. The van der Waals surface area contributed by atoms with E-state index in [1.54, 1.807) is 0 Å². The first kappa shape index (κ1) is 13.7. The summed E-state index contributed by atoms with van der Waals surface area (Å²) in [7, 11) is 0. The fourth-order valence-corrected chi connectivity index (χ4v) is 2.58. The van der Waals surface area contributed by atoms with Gasteiger partial charge < -0.3 is 15.4 Å². The number of anilines is 1. The summed E-state index contributed by atoms with van der Waals surface area (Å²) in [6.07, 6.45) is 0.241. The molecule has 18 heavy (non-hydrogen) atoms. The number of nitrogens with two attached hydrogens (primary N) is 1. The zero-order valence-corrected chi connectivity index (χ0v) is 11.9. The van der Waals surface area contributed by atoms with Gasteiger partial charge in [-0.2, -0.15) is 0 Å². The van der Waals surface area contributed by atoms with Crippen molar-refractivity contribution in [1.82, 2.24) is 0 Å². The molecule has 0 saturated carbocycles. The van der Waals surface area contributed by atoms with Crippen LogP contribution in [0.2, 0.25) is 5.02 Å². The van der Waals surface area contributed by atoms with Crippen LogP contribution in [-0.4, -0.2) is 25.3 Å². The molecule has 1 aromatic rings. The molecular formula is C14H21ClN2O. The van der Waals surface area contributed by atoms with E-state index in [2.05, 4.69) is 30.9 Å². The van der Waals surface area contributed by atoms with E-state index < -0.39 is 0 Å². The zero-order valence-electron chi connectivity index (χ0n) is 11.2. The maximum Gasteiger partial charge on any atom is 0.0723 e. The fraction of sp³-hybridized carbons (Fsp3) is 0.571. The average Bonchev–Trinajstić information content (AvgIpc) is 2.32. The van der Waals surface area contributed by atoms with E-state index in [0.717, 1.165) is 29.4 Å². The fourth-order valence-electron chi connectivity index (χ4n) is 2.28. The molecular weight excluding hydrogens is 248 g/mol. The van der Waals surface area contributed by atoms with Crippen LogP contribution < -0.4 is 10.6 Å². The summed E-state index contributed by atoms with van der Waals surface area (Å²) in [6, 6.07) is 6.44. The summed E-state index contributed by atoms with van der Waals surface area (Å²) in [5.41, 5.74) is 8.01. The smallest absolute Gasteiger partial charge is 0.0723 e. The van der Waals surface area contributed by atoms with Crippen LogP contribution >= 0.6 is 11.6 Å². The molecule has 1 aliphatic heterocycles. The van der Waals surface area contributed by atoms with Crippen LogP contribution in [-0.2, 0) is 4.74 Å². The van der Waals surface area contributed by atoms with E-state index in [0.29, 0.717) is 6.04 Å². The predicted octanol–water partition coefficient (Wildman–Crippen LogP) is 2.97. The standard InChI is InChI=1S/C14H21ClN2O/c1-9-8-18-10(2)7-17(9)14-5-4-12(11(3)16)6-13(14)15/h4-6,9-11H,7-8,16H2,1-3H3/t9?,10?,11-/m1/s1. The first-order chi connectivity index (χ1) is 8.49. The van der Waals surface area contributed by atoms with Gasteiger partial charge in [0.2, 0.25) is 0 Å². The molecule has 2 N–H and O–H groups in total. The van der Waals surface area contributed by atoms with Gasteiger partial charge in [-0.3, -0.25) is 0 Å². The molecule has 0 aliphatic carbocycles. The number of hydrogen-bond acceptors (Lipinski definition) is 3. The minimum Gasteiger partial charge on any atom is -0.375 e. The van der Waals surface area contributed by atoms with Crippen molar-refractivity contribution in [2.24, 2.45) is 5.73 Å². The Kier molecular flexibility index (Phi) is 4.15. The molecule has 2 rings (SSSR count). The second-order valence-corrected chi connectivity index (χ2v) is 5.55. The first-order valence-electron chi connectivity index (χ1n) is 6.42. The lowest BCUT2D eigenvalue weighted by Crippen LogP contribution is -2.47. The zero-order chi connectivity index (χ0) is 13.3. The monoisotopic (exact) mass is 268 g/mol. The lowest BCUT2D eigenvalue weighted by molar-refractivity contribution is 0.0344. The highest BCUT2D eigenvalue weighted by Crippen LogP contribution is 2.31. The molecule has 2 unspecified atom stereocenters. The van der Waals surface area contributed by atoms with Crippen LogP contribution in [0.15, 0.2) is 18.2 Å². The van der Waals surface area contributed by atoms with Gasteiger partial charge in [0.15, 0.2) is 0 Å². The van der Waals surface area contributed by atoms with Crippen molar-refractivity contribution < 1.29 is 4.74 Å². The van der Waals surface area contributed by atoms with Crippen molar-refractivity contribution in [2.75, 3.05) is 18.1 Å². The van der Waals surface area contributed by atoms with Gasteiger partial charge in [-0.1, -0.05) is 17.7 Å². The molecule has 100 valence electrons. The van der Waals surface area contributed by atoms with Gasteiger partial charge in [-0.15, -0.1) is 0 Å². The number of nitrogens with zero attached hydrogens (tertiary/aromatic N) is 1. The minimum atomic E-state index is 0.0117. The van der Waals surface area contributed by atoms with Gasteiger partial charge in [-0.05, 0) is 38.5 Å². The minimum absolute atomic E-state index is 0.0117. The molecule has 1 fully saturated rings. The summed E-state index contributed by atoms with van der Waals surface area (Å²) in [6.45, 7) is 7.82. The third kappa shape index (κ3) is 2.79. The van der Waals surface area contributed by atoms with Crippen LogP contribution in [0.4, 0.5) is 5.69 Å². The Hall–Kier alpha value is -0.770. The second-order valence-electron chi connectivity index (χ2n) is 5.14. The van der Waals surface area contributed by atoms with E-state index in [4.69, 9.17) is 22.1 Å². The van der Waals surface area contributed by atoms with E-state index in [1.165, 1.54) is 0 Å². The third-order valence-corrected chi connectivity index (χ3v) is 3.72. The molecule has 3 atom stereocenters. The number of hydrogen-bond donors (Lipinski definition) is 1. The Morgan fingerprint density at radius 3 is 2.78 bits per heavy atom. The van der Waals surface area contributed by atoms with Gasteiger partial charge in [0.1, 0.15) is 0 Å². The highest BCUT2D eigenvalue weighted by atomic mass is 35.5. The Morgan fingerprint density at radius 2 is 2.17 bits per heavy atom. The normalized spacial score (nSPS) is 26.2. The highest BCUT2D eigenvalue weighted by molar-refractivity contribution is 6.33. The van der Waals surface area contributed by atoms with Gasteiger partial charge in [-0.25, -0.2) is 0 Å². The molecule has 0 amide bonds. The van der Waals surface area contributed by atoms with Crippen LogP contribution in [0, 0.1) is 0 Å². The summed E-state index contributed by atoms with van der Waals surface area (Å²) in [4.78, 5) is 2.31. The maximum atomic E-state index is 6.38. The molecule has 1 aliphatic rings. The van der Waals surface area contributed by atoms with Gasteiger partial charge >= 0.3 is 0 Å². The van der Waals surface area contributed by atoms with E-state index in [-0.39, 0.29) is 12.1 Å². The molecule has 0 aromatic heterocycles. The summed E-state index contributed by atoms with van der Waals surface area (Å²) >= 11 is 6.38. The van der Waals surface area contributed by atoms with Gasteiger partial charge in [0.05, 0.1) is 23.4 Å². The predicted molar refractivity (Wildman–Crippen MR) is 76.3 cm³/mol. The van der Waals surface area contributed by atoms with Crippen LogP contribution in [0.5, 0.6) is 0 Å². The molecule has 3 nitrogen and oxygen atoms in total. The summed E-state index contributed by atoms with van der Waals surface area (Å²) in [5.74, 6) is 0. The molecule has 1 aromatic carbocycles. The van der Waals surface area contributed by atoms with Crippen molar-refractivity contribution in [3.8, 4) is 0 Å². The Balaban J connectivity index is 2.27. The second kappa shape index (κ2) is 5.47. The largest absolute Gasteiger partial charge is 0.375 e. The highest BCUT2D eigenvalue weighted by Gasteiger charge is 2.25. The van der Waals surface area contributed by atoms with E-state index in [9.17, 15) is 0 Å². The average molecular weight is 269 g/mol.